The molecule has 1 heterocycles. The zero-order chi connectivity index (χ0) is 13.4. The fourth-order valence-electron chi connectivity index (χ4n) is 1.48. The average molecular weight is 252 g/mol. The van der Waals surface area contributed by atoms with Crippen LogP contribution >= 0.6 is 0 Å². The van der Waals surface area contributed by atoms with Gasteiger partial charge in [-0.3, -0.25) is 9.69 Å². The number of hydrogen-bond acceptors (Lipinski definition) is 3. The molecule has 2 amide bonds. The van der Waals surface area contributed by atoms with E-state index < -0.39 is 43.4 Å². The van der Waals surface area contributed by atoms with Gasteiger partial charge in [-0.15, -0.1) is 0 Å². The summed E-state index contributed by atoms with van der Waals surface area (Å²) in [6.07, 6.45) is -1.67. The Balaban J connectivity index is 2.69. The highest BCUT2D eigenvalue weighted by atomic mass is 19.4. The van der Waals surface area contributed by atoms with E-state index in [1.54, 1.807) is 20.8 Å². The highest BCUT2D eigenvalue weighted by Gasteiger charge is 2.45. The Hall–Kier alpha value is -1.21. The van der Waals surface area contributed by atoms with Gasteiger partial charge >= 0.3 is 13.1 Å². The average Bonchev–Trinajstić information content (AvgIpc) is 2.42. The maximum absolute atomic E-state index is 12.4. The Morgan fingerprint density at radius 2 is 1.94 bits per heavy atom. The molecule has 98 valence electrons. The zero-order valence-corrected chi connectivity index (χ0v) is 9.87. The molecule has 1 saturated heterocycles. The Labute approximate surface area is 97.2 Å². The largest absolute Gasteiger partial charge is 0.483 e. The van der Waals surface area contributed by atoms with E-state index >= 15 is 0 Å². The maximum atomic E-state index is 12.4. The van der Waals surface area contributed by atoms with Crippen LogP contribution in [0, 0.1) is 0 Å². The van der Waals surface area contributed by atoms with Crippen LogP contribution in [0.4, 0.5) is 17.7 Å². The first kappa shape index (κ1) is 13.9. The summed E-state index contributed by atoms with van der Waals surface area (Å²) < 4.78 is 42.2. The Morgan fingerprint density at radius 3 is 2.29 bits per heavy atom. The molecule has 0 aromatic heterocycles. The minimum absolute atomic E-state index is 0.533. The summed E-state index contributed by atoms with van der Waals surface area (Å²) in [6, 6.07) is 0. The molecule has 0 saturated carbocycles. The van der Waals surface area contributed by atoms with Crippen LogP contribution in [-0.4, -0.2) is 36.0 Å². The van der Waals surface area contributed by atoms with Gasteiger partial charge in [0.1, 0.15) is 5.60 Å². The summed E-state index contributed by atoms with van der Waals surface area (Å²) >= 11 is 0. The number of nitrogens with zero attached hydrogens (tertiary/aromatic N) is 1. The Bertz CT molecular complexity index is 337. The molecule has 1 atom stereocenters. The molecule has 0 radical (unpaired) electrons. The van der Waals surface area contributed by atoms with Gasteiger partial charge in [0.2, 0.25) is 5.91 Å². The van der Waals surface area contributed by atoms with E-state index in [0.29, 0.717) is 4.90 Å². The third-order valence-corrected chi connectivity index (χ3v) is 2.30. The van der Waals surface area contributed by atoms with Crippen molar-refractivity contribution in [3.8, 4) is 0 Å². The van der Waals surface area contributed by atoms with Crippen molar-refractivity contribution in [2.75, 3.05) is 6.54 Å². The van der Waals surface area contributed by atoms with Crippen molar-refractivity contribution in [1.29, 1.82) is 0 Å². The van der Waals surface area contributed by atoms with Crippen molar-refractivity contribution < 1.29 is 27.3 Å². The SMILES string of the molecule is CC(C)(C)OC(=O)N1CC([B-](F)(F)F)CC1=O. The first-order valence-corrected chi connectivity index (χ1v) is 5.24. The molecule has 0 aliphatic carbocycles. The molecule has 0 aromatic rings. The van der Waals surface area contributed by atoms with Crippen LogP contribution in [0.25, 0.3) is 0 Å². The number of hydrogen-bond donors (Lipinski definition) is 0. The fourth-order valence-corrected chi connectivity index (χ4v) is 1.48. The molecular formula is C9H14BF3NO3-. The molecule has 1 aliphatic rings. The van der Waals surface area contributed by atoms with E-state index in [0.717, 1.165) is 0 Å². The summed E-state index contributed by atoms with van der Waals surface area (Å²) in [5.41, 5.74) is -0.834. The highest BCUT2D eigenvalue weighted by Crippen LogP contribution is 2.35. The number of carbonyl (C=O) groups excluding carboxylic acids is 2. The van der Waals surface area contributed by atoms with Crippen LogP contribution in [0.2, 0.25) is 5.82 Å². The van der Waals surface area contributed by atoms with E-state index in [2.05, 4.69) is 0 Å². The lowest BCUT2D eigenvalue weighted by Crippen LogP contribution is -2.38. The van der Waals surface area contributed by atoms with Crippen LogP contribution in [0.5, 0.6) is 0 Å². The predicted octanol–water partition coefficient (Wildman–Crippen LogP) is 2.37. The summed E-state index contributed by atoms with van der Waals surface area (Å²) in [5.74, 6) is -2.56. The summed E-state index contributed by atoms with van der Waals surface area (Å²) in [4.78, 5) is 23.3. The van der Waals surface area contributed by atoms with Crippen LogP contribution in [0.1, 0.15) is 27.2 Å². The van der Waals surface area contributed by atoms with Crippen molar-refractivity contribution in [2.45, 2.75) is 38.6 Å². The maximum Gasteiger partial charge on any atom is 0.483 e. The first-order valence-electron chi connectivity index (χ1n) is 5.24. The van der Waals surface area contributed by atoms with Gasteiger partial charge in [-0.1, -0.05) is 0 Å². The second kappa shape index (κ2) is 4.23. The standard InChI is InChI=1S/C9H14BF3NO3/c1-9(2,3)17-8(16)14-5-6(4-7(14)15)10(11,12)13/h6H,4-5H2,1-3H3/q-1. The molecule has 0 bridgehead atoms. The van der Waals surface area contributed by atoms with Crippen LogP contribution < -0.4 is 0 Å². The van der Waals surface area contributed by atoms with Gasteiger partial charge in [-0.25, -0.2) is 4.79 Å². The number of imide groups is 1. The van der Waals surface area contributed by atoms with Crippen molar-refractivity contribution in [2.24, 2.45) is 0 Å². The topological polar surface area (TPSA) is 46.6 Å². The molecule has 1 rings (SSSR count). The number of rotatable bonds is 1. The molecule has 8 heteroatoms. The van der Waals surface area contributed by atoms with Gasteiger partial charge in [0, 0.05) is 13.0 Å². The van der Waals surface area contributed by atoms with Gasteiger partial charge in [0.15, 0.2) is 0 Å². The number of amides is 2. The van der Waals surface area contributed by atoms with Crippen LogP contribution in [-0.2, 0) is 9.53 Å². The van der Waals surface area contributed by atoms with Crippen molar-refractivity contribution in [3.63, 3.8) is 0 Å². The van der Waals surface area contributed by atoms with Gasteiger partial charge in [0.05, 0.1) is 0 Å². The molecule has 0 aromatic carbocycles. The predicted molar refractivity (Wildman–Crippen MR) is 55.4 cm³/mol. The number of likely N-dealkylation sites (tertiary alicyclic amines) is 1. The normalized spacial score (nSPS) is 21.9. The zero-order valence-electron chi connectivity index (χ0n) is 9.87. The van der Waals surface area contributed by atoms with Gasteiger partial charge in [0.25, 0.3) is 0 Å². The third-order valence-electron chi connectivity index (χ3n) is 2.30. The summed E-state index contributed by atoms with van der Waals surface area (Å²) in [6.45, 7) is -0.991. The van der Waals surface area contributed by atoms with E-state index in [9.17, 15) is 22.5 Å². The van der Waals surface area contributed by atoms with E-state index in [1.807, 2.05) is 0 Å². The summed E-state index contributed by atoms with van der Waals surface area (Å²) in [5, 5.41) is 0. The quantitative estimate of drug-likeness (QED) is 0.673. The second-order valence-corrected chi connectivity index (χ2v) is 5.07. The molecule has 17 heavy (non-hydrogen) atoms. The lowest BCUT2D eigenvalue weighted by molar-refractivity contribution is -0.126. The number of carbonyl (C=O) groups is 2. The van der Waals surface area contributed by atoms with Crippen LogP contribution in [0.15, 0.2) is 0 Å². The highest BCUT2D eigenvalue weighted by molar-refractivity contribution is 6.61. The molecule has 0 spiro atoms. The number of ether oxygens (including phenoxy) is 1. The lowest BCUT2D eigenvalue weighted by Gasteiger charge is -2.25. The lowest BCUT2D eigenvalue weighted by atomic mass is 9.72. The van der Waals surface area contributed by atoms with Crippen molar-refractivity contribution in [1.82, 2.24) is 4.90 Å². The van der Waals surface area contributed by atoms with Gasteiger partial charge < -0.3 is 17.7 Å². The van der Waals surface area contributed by atoms with Crippen LogP contribution in [0.3, 0.4) is 0 Å². The monoisotopic (exact) mass is 252 g/mol. The van der Waals surface area contributed by atoms with Gasteiger partial charge in [-0.2, -0.15) is 0 Å². The van der Waals surface area contributed by atoms with Crippen molar-refractivity contribution >= 4 is 19.0 Å². The summed E-state index contributed by atoms with van der Waals surface area (Å²) in [7, 11) is 0. The van der Waals surface area contributed by atoms with E-state index in [-0.39, 0.29) is 0 Å². The minimum atomic E-state index is -5.10. The van der Waals surface area contributed by atoms with E-state index in [4.69, 9.17) is 4.74 Å². The molecule has 1 fully saturated rings. The van der Waals surface area contributed by atoms with E-state index in [1.165, 1.54) is 0 Å². The second-order valence-electron chi connectivity index (χ2n) is 5.07. The molecule has 0 N–H and O–H groups in total. The Kier molecular flexibility index (Phi) is 3.45. The molecule has 4 nitrogen and oxygen atoms in total. The third kappa shape index (κ3) is 3.64. The Morgan fingerprint density at radius 1 is 1.41 bits per heavy atom. The fraction of sp³-hybridized carbons (Fsp3) is 0.778. The molecule has 1 unspecified atom stereocenters. The smallest absolute Gasteiger partial charge is 0.449 e. The first-order chi connectivity index (χ1) is 7.50. The molecular weight excluding hydrogens is 238 g/mol. The number of halogens is 3. The minimum Gasteiger partial charge on any atom is -0.449 e. The molecule has 1 aliphatic heterocycles. The van der Waals surface area contributed by atoms with Crippen molar-refractivity contribution in [3.05, 3.63) is 0 Å². The van der Waals surface area contributed by atoms with Gasteiger partial charge in [-0.05, 0) is 26.6 Å².